The van der Waals surface area contributed by atoms with Gasteiger partial charge in [0.15, 0.2) is 0 Å². The lowest BCUT2D eigenvalue weighted by Crippen LogP contribution is -2.44. The number of hydrogen-bond donors (Lipinski definition) is 1. The summed E-state index contributed by atoms with van der Waals surface area (Å²) in [6.45, 7) is 4.38. The molecule has 3 rings (SSSR count). The van der Waals surface area contributed by atoms with Gasteiger partial charge in [0.05, 0.1) is 12.8 Å². The molecule has 1 aromatic carbocycles. The van der Waals surface area contributed by atoms with E-state index in [-0.39, 0.29) is 24.4 Å². The molecule has 1 unspecified atom stereocenters. The predicted octanol–water partition coefficient (Wildman–Crippen LogP) is 3.37. The highest BCUT2D eigenvalue weighted by Gasteiger charge is 2.29. The van der Waals surface area contributed by atoms with Crippen molar-refractivity contribution in [2.45, 2.75) is 38.6 Å². The third-order valence-electron chi connectivity index (χ3n) is 5.60. The van der Waals surface area contributed by atoms with E-state index in [9.17, 15) is 4.79 Å². The monoisotopic (exact) mass is 420 g/mol. The normalized spacial score (nSPS) is 15.6. The molecular weight excluding hydrogens is 388 g/mol. The molecule has 1 fully saturated rings. The number of ether oxygens (including phenoxy) is 1. The van der Waals surface area contributed by atoms with E-state index in [4.69, 9.17) is 4.74 Å². The molecule has 0 aliphatic carbocycles. The van der Waals surface area contributed by atoms with Gasteiger partial charge in [0, 0.05) is 31.9 Å². The molecule has 0 bridgehead atoms. The number of halogens is 1. The first-order chi connectivity index (χ1) is 13.6. The van der Waals surface area contributed by atoms with Crippen LogP contribution in [0.4, 0.5) is 0 Å². The Morgan fingerprint density at radius 3 is 2.52 bits per heavy atom. The minimum atomic E-state index is -0.311. The fraction of sp³-hybridized carbons (Fsp3) is 0.545. The van der Waals surface area contributed by atoms with Gasteiger partial charge in [-0.25, -0.2) is 0 Å². The van der Waals surface area contributed by atoms with Gasteiger partial charge in [-0.3, -0.25) is 9.48 Å². The van der Waals surface area contributed by atoms with Crippen LogP contribution in [0.25, 0.3) is 0 Å². The van der Waals surface area contributed by atoms with Crippen LogP contribution >= 0.6 is 12.4 Å². The fourth-order valence-electron chi connectivity index (χ4n) is 3.94. The van der Waals surface area contributed by atoms with Crippen molar-refractivity contribution in [3.05, 3.63) is 47.8 Å². The van der Waals surface area contributed by atoms with E-state index in [1.54, 1.807) is 10.9 Å². The van der Waals surface area contributed by atoms with Crippen molar-refractivity contribution in [1.29, 1.82) is 0 Å². The number of aryl methyl sites for hydroxylation is 2. The smallest absolute Gasteiger partial charge is 0.244 e. The van der Waals surface area contributed by atoms with E-state index in [0.717, 1.165) is 43.7 Å². The average Bonchev–Trinajstić information content (AvgIpc) is 3.14. The molecule has 1 aliphatic heterocycles. The number of benzene rings is 1. The van der Waals surface area contributed by atoms with E-state index in [0.29, 0.717) is 12.5 Å². The van der Waals surface area contributed by atoms with Crippen molar-refractivity contribution in [1.82, 2.24) is 20.0 Å². The van der Waals surface area contributed by atoms with Gasteiger partial charge in [-0.1, -0.05) is 12.1 Å². The van der Waals surface area contributed by atoms with Gasteiger partial charge in [0.2, 0.25) is 5.91 Å². The summed E-state index contributed by atoms with van der Waals surface area (Å²) in [7, 11) is 3.70. The second kappa shape index (κ2) is 11.2. The van der Waals surface area contributed by atoms with Crippen LogP contribution in [0.1, 0.15) is 43.4 Å². The van der Waals surface area contributed by atoms with Crippen LogP contribution in [-0.2, 0) is 18.3 Å². The third-order valence-corrected chi connectivity index (χ3v) is 5.60. The number of piperidine rings is 1. The third kappa shape index (κ3) is 6.21. The Labute approximate surface area is 180 Å². The van der Waals surface area contributed by atoms with Crippen LogP contribution in [-0.4, -0.2) is 47.3 Å². The number of carbonyl (C=O) groups is 1. The molecule has 1 atom stereocenters. The van der Waals surface area contributed by atoms with Crippen LogP contribution < -0.4 is 10.1 Å². The summed E-state index contributed by atoms with van der Waals surface area (Å²) in [5.74, 6) is 1.77. The van der Waals surface area contributed by atoms with Crippen LogP contribution in [0, 0.1) is 5.92 Å². The Kier molecular flexibility index (Phi) is 8.99. The zero-order valence-electron chi connectivity index (χ0n) is 17.6. The first kappa shape index (κ1) is 23.2. The molecule has 0 spiro atoms. The Balaban J connectivity index is 0.00000300. The average molecular weight is 421 g/mol. The van der Waals surface area contributed by atoms with Gasteiger partial charge < -0.3 is 15.0 Å². The number of nitrogens with zero attached hydrogens (tertiary/aromatic N) is 3. The van der Waals surface area contributed by atoms with Crippen molar-refractivity contribution < 1.29 is 9.53 Å². The largest absolute Gasteiger partial charge is 0.494 e. The molecule has 1 saturated heterocycles. The lowest BCUT2D eigenvalue weighted by Gasteiger charge is -2.34. The molecule has 0 radical (unpaired) electrons. The number of likely N-dealkylation sites (N-methyl/N-ethyl adjacent to an activating group) is 1. The summed E-state index contributed by atoms with van der Waals surface area (Å²) < 4.78 is 7.24. The molecular formula is C22H33ClN4O2. The fourth-order valence-corrected chi connectivity index (χ4v) is 3.94. The summed E-state index contributed by atoms with van der Waals surface area (Å²) in [6.07, 6.45) is 8.08. The number of rotatable bonds is 8. The molecule has 7 heteroatoms. The van der Waals surface area contributed by atoms with Gasteiger partial charge in [0.1, 0.15) is 11.8 Å². The number of nitrogens with one attached hydrogen (secondary N) is 1. The van der Waals surface area contributed by atoms with Crippen LogP contribution in [0.15, 0.2) is 36.7 Å². The van der Waals surface area contributed by atoms with Crippen molar-refractivity contribution >= 4 is 18.3 Å². The molecule has 1 aliphatic rings. The summed E-state index contributed by atoms with van der Waals surface area (Å²) in [5.41, 5.74) is 2.28. The number of aromatic nitrogens is 2. The number of amides is 1. The molecule has 6 nitrogen and oxygen atoms in total. The van der Waals surface area contributed by atoms with Crippen molar-refractivity contribution in [2.75, 3.05) is 26.7 Å². The van der Waals surface area contributed by atoms with E-state index in [1.165, 1.54) is 12.0 Å². The Hall–Kier alpha value is -2.05. The minimum Gasteiger partial charge on any atom is -0.494 e. The quantitative estimate of drug-likeness (QED) is 0.711. The standard InChI is InChI=1S/C22H32N4O2.ClH/c1-4-28-20-9-7-17(8-10-20)5-6-18-11-13-26(14-12-18)22(27)21(23-2)19-15-24-25(3)16-19;/h7-10,15-16,18,21,23H,4-6,11-14H2,1-3H3;1H. The van der Waals surface area contributed by atoms with Crippen molar-refractivity contribution in [3.8, 4) is 5.75 Å². The van der Waals surface area contributed by atoms with Gasteiger partial charge in [0.25, 0.3) is 0 Å². The highest BCUT2D eigenvalue weighted by atomic mass is 35.5. The Morgan fingerprint density at radius 1 is 1.28 bits per heavy atom. The number of hydrogen-bond acceptors (Lipinski definition) is 4. The van der Waals surface area contributed by atoms with E-state index in [1.807, 2.05) is 32.1 Å². The zero-order valence-corrected chi connectivity index (χ0v) is 18.5. The second-order valence-electron chi connectivity index (χ2n) is 7.55. The topological polar surface area (TPSA) is 59.4 Å². The minimum absolute atomic E-state index is 0. The predicted molar refractivity (Wildman–Crippen MR) is 117 cm³/mol. The van der Waals surface area contributed by atoms with Crippen molar-refractivity contribution in [3.63, 3.8) is 0 Å². The second-order valence-corrected chi connectivity index (χ2v) is 7.55. The highest BCUT2D eigenvalue weighted by Crippen LogP contribution is 2.25. The van der Waals surface area contributed by atoms with Gasteiger partial charge in [-0.15, -0.1) is 12.4 Å². The molecule has 0 saturated carbocycles. The number of likely N-dealkylation sites (tertiary alicyclic amines) is 1. The molecule has 1 aromatic heterocycles. The van der Waals surface area contributed by atoms with E-state index < -0.39 is 0 Å². The molecule has 160 valence electrons. The maximum absolute atomic E-state index is 12.9. The van der Waals surface area contributed by atoms with E-state index in [2.05, 4.69) is 34.7 Å². The number of carbonyl (C=O) groups excluding carboxylic acids is 1. The molecule has 2 heterocycles. The highest BCUT2D eigenvalue weighted by molar-refractivity contribution is 5.85. The lowest BCUT2D eigenvalue weighted by atomic mass is 9.90. The molecule has 1 amide bonds. The van der Waals surface area contributed by atoms with Crippen LogP contribution in [0.5, 0.6) is 5.75 Å². The van der Waals surface area contributed by atoms with Crippen LogP contribution in [0.2, 0.25) is 0 Å². The zero-order chi connectivity index (χ0) is 19.9. The SMILES string of the molecule is CCOc1ccc(CCC2CCN(C(=O)C(NC)c3cnn(C)c3)CC2)cc1.Cl. The van der Waals surface area contributed by atoms with Crippen molar-refractivity contribution in [2.24, 2.45) is 13.0 Å². The summed E-state index contributed by atoms with van der Waals surface area (Å²) in [4.78, 5) is 14.9. The summed E-state index contributed by atoms with van der Waals surface area (Å²) >= 11 is 0. The first-order valence-electron chi connectivity index (χ1n) is 10.3. The van der Waals surface area contributed by atoms with Gasteiger partial charge in [-0.05, 0) is 63.3 Å². The first-order valence-corrected chi connectivity index (χ1v) is 10.3. The maximum Gasteiger partial charge on any atom is 0.244 e. The van der Waals surface area contributed by atoms with E-state index >= 15 is 0 Å². The lowest BCUT2D eigenvalue weighted by molar-refractivity contribution is -0.135. The summed E-state index contributed by atoms with van der Waals surface area (Å²) in [6, 6.07) is 8.12. The Morgan fingerprint density at radius 2 is 1.97 bits per heavy atom. The molecule has 29 heavy (non-hydrogen) atoms. The Bertz CT molecular complexity index is 754. The maximum atomic E-state index is 12.9. The molecule has 1 N–H and O–H groups in total. The van der Waals surface area contributed by atoms with Gasteiger partial charge in [-0.2, -0.15) is 5.10 Å². The molecule has 2 aromatic rings. The van der Waals surface area contributed by atoms with Crippen LogP contribution in [0.3, 0.4) is 0 Å². The summed E-state index contributed by atoms with van der Waals surface area (Å²) in [5, 5.41) is 7.34. The van der Waals surface area contributed by atoms with Gasteiger partial charge >= 0.3 is 0 Å².